The lowest BCUT2D eigenvalue weighted by atomic mass is 9.88. The summed E-state index contributed by atoms with van der Waals surface area (Å²) in [7, 11) is 0. The summed E-state index contributed by atoms with van der Waals surface area (Å²) in [4.78, 5) is 37.0. The zero-order valence-electron chi connectivity index (χ0n) is 18.4. The van der Waals surface area contributed by atoms with Gasteiger partial charge >= 0.3 is 0 Å². The molecule has 2 atom stereocenters. The summed E-state index contributed by atoms with van der Waals surface area (Å²) >= 11 is 0. The van der Waals surface area contributed by atoms with Gasteiger partial charge in [-0.1, -0.05) is 24.3 Å². The Hall–Kier alpha value is -2.93. The number of nitrogens with zero attached hydrogens (tertiary/aromatic N) is 4. The topological polar surface area (TPSA) is 68.8 Å². The lowest BCUT2D eigenvalue weighted by Gasteiger charge is -2.40. The van der Waals surface area contributed by atoms with E-state index >= 15 is 0 Å². The first-order valence-corrected chi connectivity index (χ1v) is 11.7. The number of rotatable bonds is 4. The summed E-state index contributed by atoms with van der Waals surface area (Å²) in [6, 6.07) is 13.8. The van der Waals surface area contributed by atoms with Gasteiger partial charge in [0.05, 0.1) is 5.92 Å². The number of carbonyl (C=O) groups is 2. The van der Waals surface area contributed by atoms with Crippen molar-refractivity contribution in [3.05, 3.63) is 54.2 Å². The number of amides is 2. The van der Waals surface area contributed by atoms with Gasteiger partial charge in [-0.25, -0.2) is 4.98 Å². The van der Waals surface area contributed by atoms with Crippen molar-refractivity contribution in [3.63, 3.8) is 0 Å². The molecule has 7 heteroatoms. The monoisotopic (exact) mass is 433 g/mol. The number of para-hydroxylation sites is 1. The average Bonchev–Trinajstić information content (AvgIpc) is 2.84. The van der Waals surface area contributed by atoms with E-state index in [2.05, 4.69) is 26.2 Å². The largest absolute Gasteiger partial charge is 0.354 e. The fourth-order valence-corrected chi connectivity index (χ4v) is 5.33. The van der Waals surface area contributed by atoms with Crippen LogP contribution in [0.25, 0.3) is 0 Å². The van der Waals surface area contributed by atoms with Gasteiger partial charge in [0.15, 0.2) is 0 Å². The number of anilines is 2. The van der Waals surface area contributed by atoms with Gasteiger partial charge in [-0.05, 0) is 42.5 Å². The third-order valence-corrected chi connectivity index (χ3v) is 6.99. The van der Waals surface area contributed by atoms with E-state index in [-0.39, 0.29) is 24.2 Å². The number of piperazine rings is 1. The predicted octanol–water partition coefficient (Wildman–Crippen LogP) is 2.57. The van der Waals surface area contributed by atoms with E-state index in [0.717, 1.165) is 75.7 Å². The number of aromatic nitrogens is 1. The Balaban J connectivity index is 1.18. The van der Waals surface area contributed by atoms with Crippen LogP contribution in [-0.4, -0.2) is 72.4 Å². The second kappa shape index (κ2) is 9.28. The van der Waals surface area contributed by atoms with Crippen LogP contribution >= 0.6 is 0 Å². The molecule has 2 fully saturated rings. The van der Waals surface area contributed by atoms with Crippen molar-refractivity contribution in [2.24, 2.45) is 5.92 Å². The predicted molar refractivity (Wildman–Crippen MR) is 125 cm³/mol. The second-order valence-electron chi connectivity index (χ2n) is 9.16. The van der Waals surface area contributed by atoms with Crippen LogP contribution in [0.2, 0.25) is 0 Å². The van der Waals surface area contributed by atoms with E-state index in [0.29, 0.717) is 5.92 Å². The Labute approximate surface area is 189 Å². The van der Waals surface area contributed by atoms with Crippen LogP contribution in [-0.2, 0) is 9.59 Å². The Morgan fingerprint density at radius 2 is 1.84 bits per heavy atom. The number of hydrogen-bond donors (Lipinski definition) is 1. The van der Waals surface area contributed by atoms with Crippen LogP contribution in [0.5, 0.6) is 0 Å². The Bertz CT molecular complexity index is 958. The second-order valence-corrected chi connectivity index (χ2v) is 9.16. The molecule has 2 unspecified atom stereocenters. The van der Waals surface area contributed by atoms with E-state index in [1.54, 1.807) is 0 Å². The quantitative estimate of drug-likeness (QED) is 0.803. The van der Waals surface area contributed by atoms with E-state index in [1.165, 1.54) is 0 Å². The Morgan fingerprint density at radius 1 is 1.03 bits per heavy atom. The number of hydrogen-bond acceptors (Lipinski definition) is 5. The molecule has 5 rings (SSSR count). The molecule has 1 aromatic carbocycles. The fourth-order valence-electron chi connectivity index (χ4n) is 5.33. The number of nitrogens with one attached hydrogen (secondary N) is 1. The number of benzene rings is 1. The highest BCUT2D eigenvalue weighted by atomic mass is 16.2. The van der Waals surface area contributed by atoms with Gasteiger partial charge < -0.3 is 15.1 Å². The first-order chi connectivity index (χ1) is 15.7. The molecule has 1 N–H and O–H groups in total. The van der Waals surface area contributed by atoms with Crippen LogP contribution in [0.15, 0.2) is 48.7 Å². The van der Waals surface area contributed by atoms with Crippen molar-refractivity contribution < 1.29 is 9.59 Å². The Kier molecular flexibility index (Phi) is 6.08. The first kappa shape index (κ1) is 20.9. The highest BCUT2D eigenvalue weighted by Crippen LogP contribution is 2.34. The summed E-state index contributed by atoms with van der Waals surface area (Å²) in [6.07, 6.45) is 4.28. The number of fused-ring (bicyclic) bond motifs is 1. The van der Waals surface area contributed by atoms with E-state index in [1.807, 2.05) is 47.5 Å². The molecule has 4 heterocycles. The SMILES string of the molecule is O=C1CC(C(=O)N2CCCC(CN3CCN(c4ccccn4)CC3)C2)c2ccccc2N1. The molecule has 3 aliphatic heterocycles. The molecule has 0 spiro atoms. The van der Waals surface area contributed by atoms with Crippen molar-refractivity contribution in [3.8, 4) is 0 Å². The molecule has 0 radical (unpaired) electrons. The number of carbonyl (C=O) groups excluding carboxylic acids is 2. The maximum Gasteiger partial charge on any atom is 0.230 e. The first-order valence-electron chi connectivity index (χ1n) is 11.7. The molecule has 2 amide bonds. The minimum atomic E-state index is -0.361. The maximum absolute atomic E-state index is 13.4. The maximum atomic E-state index is 13.4. The molecule has 0 aliphatic carbocycles. The van der Waals surface area contributed by atoms with Crippen molar-refractivity contribution >= 4 is 23.3 Å². The summed E-state index contributed by atoms with van der Waals surface area (Å²) in [6.45, 7) is 6.64. The third-order valence-electron chi connectivity index (χ3n) is 6.99. The third kappa shape index (κ3) is 4.48. The molecule has 7 nitrogen and oxygen atoms in total. The average molecular weight is 434 g/mol. The number of pyridine rings is 1. The van der Waals surface area contributed by atoms with Gasteiger partial charge in [0.1, 0.15) is 5.82 Å². The van der Waals surface area contributed by atoms with Gasteiger partial charge in [-0.2, -0.15) is 0 Å². The standard InChI is InChI=1S/C25H31N5O2/c31-24-16-21(20-7-1-2-8-22(20)27-24)25(32)30-11-5-6-19(18-30)17-28-12-14-29(15-13-28)23-9-3-4-10-26-23/h1-4,7-10,19,21H,5-6,11-18H2,(H,27,31). The molecule has 2 aromatic rings. The van der Waals surface area contributed by atoms with Crippen LogP contribution in [0.3, 0.4) is 0 Å². The summed E-state index contributed by atoms with van der Waals surface area (Å²) in [5.74, 6) is 1.22. The van der Waals surface area contributed by atoms with Crippen LogP contribution in [0.1, 0.15) is 30.7 Å². The molecule has 168 valence electrons. The van der Waals surface area contributed by atoms with Crippen molar-refractivity contribution in [1.82, 2.24) is 14.8 Å². The number of piperidine rings is 1. The molecular formula is C25H31N5O2. The van der Waals surface area contributed by atoms with Crippen molar-refractivity contribution in [1.29, 1.82) is 0 Å². The lowest BCUT2D eigenvalue weighted by molar-refractivity contribution is -0.136. The van der Waals surface area contributed by atoms with E-state index in [9.17, 15) is 9.59 Å². The van der Waals surface area contributed by atoms with Gasteiger partial charge in [-0.3, -0.25) is 14.5 Å². The minimum Gasteiger partial charge on any atom is -0.354 e. The molecule has 3 aliphatic rings. The molecule has 32 heavy (non-hydrogen) atoms. The molecule has 0 saturated carbocycles. The van der Waals surface area contributed by atoms with Crippen LogP contribution in [0.4, 0.5) is 11.5 Å². The van der Waals surface area contributed by atoms with Gasteiger partial charge in [0.2, 0.25) is 11.8 Å². The highest BCUT2D eigenvalue weighted by molar-refractivity contribution is 6.01. The van der Waals surface area contributed by atoms with Crippen molar-refractivity contribution in [2.75, 3.05) is 56.0 Å². The highest BCUT2D eigenvalue weighted by Gasteiger charge is 2.35. The van der Waals surface area contributed by atoms with E-state index in [4.69, 9.17) is 0 Å². The zero-order valence-corrected chi connectivity index (χ0v) is 18.4. The molecule has 2 saturated heterocycles. The molecular weight excluding hydrogens is 402 g/mol. The van der Waals surface area contributed by atoms with Gasteiger partial charge in [0, 0.05) is 64.1 Å². The minimum absolute atomic E-state index is 0.0682. The summed E-state index contributed by atoms with van der Waals surface area (Å²) in [5, 5.41) is 2.90. The number of likely N-dealkylation sites (tertiary alicyclic amines) is 1. The van der Waals surface area contributed by atoms with Gasteiger partial charge in [0.25, 0.3) is 0 Å². The smallest absolute Gasteiger partial charge is 0.230 e. The summed E-state index contributed by atoms with van der Waals surface area (Å²) in [5.41, 5.74) is 1.73. The molecule has 0 bridgehead atoms. The van der Waals surface area contributed by atoms with Crippen molar-refractivity contribution in [2.45, 2.75) is 25.2 Å². The fraction of sp³-hybridized carbons (Fsp3) is 0.480. The van der Waals surface area contributed by atoms with E-state index < -0.39 is 0 Å². The molecule has 1 aromatic heterocycles. The van der Waals surface area contributed by atoms with Gasteiger partial charge in [-0.15, -0.1) is 0 Å². The van der Waals surface area contributed by atoms with Crippen LogP contribution in [0, 0.1) is 5.92 Å². The Morgan fingerprint density at radius 3 is 2.66 bits per heavy atom. The van der Waals surface area contributed by atoms with Crippen LogP contribution < -0.4 is 10.2 Å². The summed E-state index contributed by atoms with van der Waals surface area (Å²) < 4.78 is 0. The zero-order chi connectivity index (χ0) is 21.9. The lowest BCUT2D eigenvalue weighted by Crippen LogP contribution is -2.51. The normalized spacial score (nSPS) is 24.1.